The molecule has 0 saturated heterocycles. The second-order valence-corrected chi connectivity index (χ2v) is 7.06. The van der Waals surface area contributed by atoms with Crippen molar-refractivity contribution in [2.75, 3.05) is 13.1 Å². The number of hydrogen-bond donors (Lipinski definition) is 2. The molecule has 24 heavy (non-hydrogen) atoms. The van der Waals surface area contributed by atoms with Crippen LogP contribution in [0.4, 0.5) is 8.78 Å². The summed E-state index contributed by atoms with van der Waals surface area (Å²) >= 11 is 0. The molecule has 1 aromatic carbocycles. The number of carbonyl (C=O) groups is 1. The lowest BCUT2D eigenvalue weighted by molar-refractivity contribution is -0.122. The molecule has 132 valence electrons. The van der Waals surface area contributed by atoms with Crippen molar-refractivity contribution < 1.29 is 13.6 Å². The van der Waals surface area contributed by atoms with Crippen LogP contribution in [0.1, 0.15) is 56.4 Å². The number of carbonyl (C=O) groups excluding carboxylic acids is 1. The minimum absolute atomic E-state index is 0.0207. The van der Waals surface area contributed by atoms with Gasteiger partial charge in [-0.3, -0.25) is 4.79 Å². The maximum atomic E-state index is 13.3. The summed E-state index contributed by atoms with van der Waals surface area (Å²) in [4.78, 5) is 12.1. The Hall–Kier alpha value is -1.49. The lowest BCUT2D eigenvalue weighted by Gasteiger charge is -2.16. The van der Waals surface area contributed by atoms with Crippen LogP contribution in [-0.4, -0.2) is 25.0 Å². The third-order valence-corrected chi connectivity index (χ3v) is 5.21. The highest BCUT2D eigenvalue weighted by atomic mass is 19.2. The zero-order valence-corrected chi connectivity index (χ0v) is 14.0. The largest absolute Gasteiger partial charge is 0.355 e. The van der Waals surface area contributed by atoms with E-state index in [0.29, 0.717) is 24.6 Å². The Labute approximate surface area is 142 Å². The van der Waals surface area contributed by atoms with Crippen LogP contribution in [0.5, 0.6) is 0 Å². The van der Waals surface area contributed by atoms with E-state index in [-0.39, 0.29) is 17.7 Å². The van der Waals surface area contributed by atoms with E-state index in [1.807, 2.05) is 0 Å². The topological polar surface area (TPSA) is 41.1 Å². The van der Waals surface area contributed by atoms with E-state index >= 15 is 0 Å². The Kier molecular flexibility index (Phi) is 5.82. The van der Waals surface area contributed by atoms with E-state index in [2.05, 4.69) is 10.6 Å². The first-order valence-electron chi connectivity index (χ1n) is 9.11. The normalized spacial score (nSPS) is 24.4. The van der Waals surface area contributed by atoms with Crippen LogP contribution in [0.15, 0.2) is 18.2 Å². The first kappa shape index (κ1) is 17.3. The number of nitrogens with one attached hydrogen (secondary N) is 2. The maximum Gasteiger partial charge on any atom is 0.223 e. The fourth-order valence-electron chi connectivity index (χ4n) is 3.67. The zero-order valence-electron chi connectivity index (χ0n) is 14.0. The molecule has 0 aliphatic heterocycles. The predicted molar refractivity (Wildman–Crippen MR) is 89.7 cm³/mol. The summed E-state index contributed by atoms with van der Waals surface area (Å²) in [6.45, 7) is 1.41. The van der Waals surface area contributed by atoms with Gasteiger partial charge in [0.1, 0.15) is 0 Å². The van der Waals surface area contributed by atoms with Crippen molar-refractivity contribution in [1.29, 1.82) is 0 Å². The number of hydrogen-bond acceptors (Lipinski definition) is 2. The predicted octanol–water partition coefficient (Wildman–Crippen LogP) is 3.50. The Morgan fingerprint density at radius 2 is 1.79 bits per heavy atom. The van der Waals surface area contributed by atoms with Gasteiger partial charge >= 0.3 is 0 Å². The van der Waals surface area contributed by atoms with Crippen LogP contribution >= 0.6 is 0 Å². The molecule has 5 heteroatoms. The van der Waals surface area contributed by atoms with Crippen molar-refractivity contribution >= 4 is 5.91 Å². The monoisotopic (exact) mass is 336 g/mol. The molecule has 1 amide bonds. The number of amides is 1. The minimum atomic E-state index is -0.843. The molecule has 0 heterocycles. The average molecular weight is 336 g/mol. The molecule has 2 N–H and O–H groups in total. The molecule has 0 aromatic heterocycles. The van der Waals surface area contributed by atoms with Crippen LogP contribution < -0.4 is 10.6 Å². The van der Waals surface area contributed by atoms with Crippen LogP contribution in [0.3, 0.4) is 0 Å². The van der Waals surface area contributed by atoms with Crippen LogP contribution in [0.2, 0.25) is 0 Å². The Morgan fingerprint density at radius 3 is 2.50 bits per heavy atom. The van der Waals surface area contributed by atoms with Crippen molar-refractivity contribution in [3.05, 3.63) is 35.4 Å². The lowest BCUT2D eigenvalue weighted by Crippen LogP contribution is -2.37. The van der Waals surface area contributed by atoms with Gasteiger partial charge in [-0.2, -0.15) is 0 Å². The smallest absolute Gasteiger partial charge is 0.223 e. The van der Waals surface area contributed by atoms with Crippen molar-refractivity contribution in [1.82, 2.24) is 10.6 Å². The summed E-state index contributed by atoms with van der Waals surface area (Å²) in [5.74, 6) is -1.74. The highest BCUT2D eigenvalue weighted by Crippen LogP contribution is 2.47. The van der Waals surface area contributed by atoms with Gasteiger partial charge in [-0.05, 0) is 42.9 Å². The molecule has 2 atom stereocenters. The van der Waals surface area contributed by atoms with Gasteiger partial charge in [0.15, 0.2) is 11.6 Å². The summed E-state index contributed by atoms with van der Waals surface area (Å²) in [6, 6.07) is 4.50. The van der Waals surface area contributed by atoms with Crippen molar-refractivity contribution in [2.24, 2.45) is 5.92 Å². The quantitative estimate of drug-likeness (QED) is 0.617. The van der Waals surface area contributed by atoms with Gasteiger partial charge in [-0.1, -0.05) is 31.7 Å². The summed E-state index contributed by atoms with van der Waals surface area (Å²) in [5, 5.41) is 6.48. The van der Waals surface area contributed by atoms with Gasteiger partial charge in [0.25, 0.3) is 0 Å². The maximum absolute atomic E-state index is 13.3. The standard InChI is InChI=1S/C19H26F2N2O/c20-17-8-7-13(11-18(17)21)15-12-16(15)19(24)23-10-9-22-14-5-3-1-2-4-6-14/h7-8,11,14-16,22H,1-6,9-10,12H2,(H,23,24). The van der Waals surface area contributed by atoms with Gasteiger partial charge in [0.05, 0.1) is 0 Å². The number of halogens is 2. The van der Waals surface area contributed by atoms with Crippen LogP contribution in [0, 0.1) is 17.6 Å². The van der Waals surface area contributed by atoms with Crippen molar-refractivity contribution in [3.63, 3.8) is 0 Å². The van der Waals surface area contributed by atoms with Crippen LogP contribution in [0.25, 0.3) is 0 Å². The second kappa shape index (κ2) is 8.06. The summed E-state index contributed by atoms with van der Waals surface area (Å²) in [7, 11) is 0. The van der Waals surface area contributed by atoms with Crippen molar-refractivity contribution in [2.45, 2.75) is 56.9 Å². The SMILES string of the molecule is O=C(NCCNC1CCCCCC1)C1CC1c1ccc(F)c(F)c1. The van der Waals surface area contributed by atoms with E-state index < -0.39 is 11.6 Å². The molecule has 0 radical (unpaired) electrons. The van der Waals surface area contributed by atoms with Gasteiger partial charge in [0.2, 0.25) is 5.91 Å². The molecule has 2 fully saturated rings. The van der Waals surface area contributed by atoms with E-state index in [1.165, 1.54) is 44.6 Å². The molecule has 0 bridgehead atoms. The second-order valence-electron chi connectivity index (χ2n) is 7.06. The van der Waals surface area contributed by atoms with E-state index in [4.69, 9.17) is 0 Å². The fraction of sp³-hybridized carbons (Fsp3) is 0.632. The molecule has 1 aromatic rings. The number of benzene rings is 1. The number of rotatable bonds is 6. The molecule has 3 nitrogen and oxygen atoms in total. The summed E-state index contributed by atoms with van der Waals surface area (Å²) in [6.07, 6.45) is 8.43. The minimum Gasteiger partial charge on any atom is -0.355 e. The van der Waals surface area contributed by atoms with E-state index in [0.717, 1.165) is 12.6 Å². The molecule has 2 saturated carbocycles. The molecular weight excluding hydrogens is 310 g/mol. The van der Waals surface area contributed by atoms with Gasteiger partial charge < -0.3 is 10.6 Å². The van der Waals surface area contributed by atoms with E-state index in [1.54, 1.807) is 6.07 Å². The third kappa shape index (κ3) is 4.53. The summed E-state index contributed by atoms with van der Waals surface area (Å²) in [5.41, 5.74) is 0.714. The van der Waals surface area contributed by atoms with Gasteiger partial charge in [-0.15, -0.1) is 0 Å². The lowest BCUT2D eigenvalue weighted by atomic mass is 10.1. The Bertz CT molecular complexity index is 570. The highest BCUT2D eigenvalue weighted by Gasteiger charge is 2.43. The van der Waals surface area contributed by atoms with Crippen LogP contribution in [-0.2, 0) is 4.79 Å². The molecular formula is C19H26F2N2O. The molecule has 0 spiro atoms. The third-order valence-electron chi connectivity index (χ3n) is 5.21. The first-order valence-corrected chi connectivity index (χ1v) is 9.11. The summed E-state index contributed by atoms with van der Waals surface area (Å²) < 4.78 is 26.2. The average Bonchev–Trinajstić information content (AvgIpc) is 3.38. The molecule has 2 aliphatic rings. The zero-order chi connectivity index (χ0) is 16.9. The van der Waals surface area contributed by atoms with Gasteiger partial charge in [-0.25, -0.2) is 8.78 Å². The van der Waals surface area contributed by atoms with E-state index in [9.17, 15) is 13.6 Å². The highest BCUT2D eigenvalue weighted by molar-refractivity contribution is 5.82. The van der Waals surface area contributed by atoms with Gasteiger partial charge in [0, 0.05) is 25.0 Å². The Morgan fingerprint density at radius 1 is 1.04 bits per heavy atom. The molecule has 2 unspecified atom stereocenters. The first-order chi connectivity index (χ1) is 11.6. The molecule has 2 aliphatic carbocycles. The Balaban J connectivity index is 1.36. The fourth-order valence-corrected chi connectivity index (χ4v) is 3.67. The van der Waals surface area contributed by atoms with Crippen molar-refractivity contribution in [3.8, 4) is 0 Å². The molecule has 3 rings (SSSR count).